The highest BCUT2D eigenvalue weighted by Crippen LogP contribution is 2.34. The summed E-state index contributed by atoms with van der Waals surface area (Å²) in [6.45, 7) is 0.512. The molecule has 1 N–H and O–H groups in total. The van der Waals surface area contributed by atoms with E-state index in [1.165, 1.54) is 18.2 Å². The van der Waals surface area contributed by atoms with Crippen LogP contribution in [0.3, 0.4) is 0 Å². The van der Waals surface area contributed by atoms with E-state index in [0.29, 0.717) is 12.1 Å². The van der Waals surface area contributed by atoms with E-state index in [1.807, 2.05) is 0 Å². The topological polar surface area (TPSA) is 50.2 Å². The van der Waals surface area contributed by atoms with Crippen LogP contribution in [0.4, 0.5) is 27.6 Å². The zero-order valence-corrected chi connectivity index (χ0v) is 16.8. The number of carbonyl (C=O) groups excluding carboxylic acids is 1. The number of hydrogen-bond donors (Lipinski definition) is 1. The fourth-order valence-electron chi connectivity index (χ4n) is 3.46. The Hall–Kier alpha value is -3.01. The quantitative estimate of drug-likeness (QED) is 0.496. The lowest BCUT2D eigenvalue weighted by molar-refractivity contribution is -0.137. The van der Waals surface area contributed by atoms with Gasteiger partial charge in [-0.15, -0.1) is 0 Å². The van der Waals surface area contributed by atoms with Gasteiger partial charge in [-0.25, -0.2) is 4.98 Å². The lowest BCUT2D eigenvalue weighted by Crippen LogP contribution is -2.36. The molecule has 1 heterocycles. The molecule has 31 heavy (non-hydrogen) atoms. The van der Waals surface area contributed by atoms with Crippen molar-refractivity contribution in [1.29, 1.82) is 0 Å². The van der Waals surface area contributed by atoms with Gasteiger partial charge in [-0.3, -0.25) is 14.3 Å². The molecule has 0 aliphatic carbocycles. The second kappa shape index (κ2) is 9.01. The Bertz CT molecular complexity index is 1060. The number of likely N-dealkylation sites (N-methyl/N-ethyl adjacent to an activating group) is 1. The predicted molar refractivity (Wildman–Crippen MR) is 107 cm³/mol. The first-order valence-electron chi connectivity index (χ1n) is 9.58. The second-order valence-electron chi connectivity index (χ2n) is 6.94. The van der Waals surface area contributed by atoms with Crippen molar-refractivity contribution in [2.24, 2.45) is 0 Å². The van der Waals surface area contributed by atoms with Gasteiger partial charge in [0.05, 0.1) is 34.9 Å². The van der Waals surface area contributed by atoms with Gasteiger partial charge in [-0.1, -0.05) is 31.2 Å². The molecule has 3 rings (SSSR count). The second-order valence-corrected chi connectivity index (χ2v) is 6.94. The summed E-state index contributed by atoms with van der Waals surface area (Å²) in [7, 11) is 0. The van der Waals surface area contributed by atoms with Gasteiger partial charge in [0.2, 0.25) is 5.91 Å². The fourth-order valence-corrected chi connectivity index (χ4v) is 3.46. The molecule has 166 valence electrons. The van der Waals surface area contributed by atoms with Gasteiger partial charge >= 0.3 is 12.7 Å². The molecule has 0 saturated heterocycles. The molecule has 0 aliphatic rings. The van der Waals surface area contributed by atoms with Crippen LogP contribution in [-0.4, -0.2) is 33.4 Å². The Balaban J connectivity index is 1.83. The molecule has 5 nitrogen and oxygen atoms in total. The summed E-state index contributed by atoms with van der Waals surface area (Å²) in [6, 6.07) is 10.4. The maximum atomic E-state index is 13.7. The summed E-state index contributed by atoms with van der Waals surface area (Å²) in [4.78, 5) is 18.4. The number of fused-ring (bicyclic) bond motifs is 1. The number of anilines is 1. The molecule has 3 aromatic rings. The number of alkyl halides is 5. The standard InChI is InChI=1S/C21H21F5N4O/c1-3-29(12-18(31)27-15-9-5-4-8-14(15)21(24,25)26)13(2)19-28-16-10-6-7-11-17(16)30(19)20(22)23/h4-11,13,20H,3,12H2,1-2H3,(H,27,31). The van der Waals surface area contributed by atoms with Crippen molar-refractivity contribution in [2.75, 3.05) is 18.4 Å². The third-order valence-electron chi connectivity index (χ3n) is 5.00. The van der Waals surface area contributed by atoms with E-state index in [4.69, 9.17) is 0 Å². The first-order chi connectivity index (χ1) is 14.6. The Labute approximate surface area is 175 Å². The largest absolute Gasteiger partial charge is 0.418 e. The molecule has 1 amide bonds. The van der Waals surface area contributed by atoms with Gasteiger partial charge in [-0.05, 0) is 37.7 Å². The van der Waals surface area contributed by atoms with E-state index < -0.39 is 30.2 Å². The number of nitrogens with one attached hydrogen (secondary N) is 1. The van der Waals surface area contributed by atoms with Gasteiger partial charge in [0, 0.05) is 0 Å². The van der Waals surface area contributed by atoms with Gasteiger partial charge in [-0.2, -0.15) is 22.0 Å². The molecule has 1 atom stereocenters. The maximum Gasteiger partial charge on any atom is 0.418 e. The summed E-state index contributed by atoms with van der Waals surface area (Å²) in [5.41, 5.74) is -0.661. The van der Waals surface area contributed by atoms with Crippen LogP contribution in [0.1, 0.15) is 37.8 Å². The smallest absolute Gasteiger partial charge is 0.324 e. The number of aromatic nitrogens is 2. The van der Waals surface area contributed by atoms with E-state index >= 15 is 0 Å². The zero-order valence-electron chi connectivity index (χ0n) is 16.8. The average molecular weight is 440 g/mol. The minimum Gasteiger partial charge on any atom is -0.324 e. The SMILES string of the molecule is CCN(CC(=O)Nc1ccccc1C(F)(F)F)C(C)c1nc2ccccc2n1C(F)F. The first-order valence-corrected chi connectivity index (χ1v) is 9.58. The Morgan fingerprint density at radius 2 is 1.77 bits per heavy atom. The molecule has 1 aromatic heterocycles. The molecule has 0 radical (unpaired) electrons. The van der Waals surface area contributed by atoms with Crippen LogP contribution < -0.4 is 5.32 Å². The molecule has 0 saturated carbocycles. The highest BCUT2D eigenvalue weighted by Gasteiger charge is 2.34. The van der Waals surface area contributed by atoms with Gasteiger partial charge in [0.1, 0.15) is 5.82 Å². The summed E-state index contributed by atoms with van der Waals surface area (Å²) < 4.78 is 67.8. The number of para-hydroxylation sites is 3. The first kappa shape index (κ1) is 22.7. The number of hydrogen-bond acceptors (Lipinski definition) is 3. The highest BCUT2D eigenvalue weighted by molar-refractivity contribution is 5.93. The van der Waals surface area contributed by atoms with Crippen LogP contribution in [0.2, 0.25) is 0 Å². The monoisotopic (exact) mass is 440 g/mol. The third-order valence-corrected chi connectivity index (χ3v) is 5.00. The number of halogens is 5. The van der Waals surface area contributed by atoms with E-state index in [9.17, 15) is 26.7 Å². The number of rotatable bonds is 7. The van der Waals surface area contributed by atoms with Gasteiger partial charge < -0.3 is 5.32 Å². The number of benzene rings is 2. The van der Waals surface area contributed by atoms with Crippen molar-refractivity contribution >= 4 is 22.6 Å². The minimum atomic E-state index is -4.62. The lowest BCUT2D eigenvalue weighted by atomic mass is 10.1. The lowest BCUT2D eigenvalue weighted by Gasteiger charge is -2.27. The summed E-state index contributed by atoms with van der Waals surface area (Å²) >= 11 is 0. The van der Waals surface area contributed by atoms with E-state index in [2.05, 4.69) is 10.3 Å². The molecular formula is C21H21F5N4O. The highest BCUT2D eigenvalue weighted by atomic mass is 19.4. The Morgan fingerprint density at radius 3 is 2.42 bits per heavy atom. The van der Waals surface area contributed by atoms with Crippen molar-refractivity contribution in [3.05, 3.63) is 59.9 Å². The van der Waals surface area contributed by atoms with Crippen LogP contribution in [0.5, 0.6) is 0 Å². The van der Waals surface area contributed by atoms with Crippen molar-refractivity contribution < 1.29 is 26.7 Å². The van der Waals surface area contributed by atoms with Gasteiger partial charge in [0.15, 0.2) is 0 Å². The minimum absolute atomic E-state index is 0.0709. The van der Waals surface area contributed by atoms with Crippen molar-refractivity contribution in [2.45, 2.75) is 32.6 Å². The molecule has 2 aromatic carbocycles. The fraction of sp³-hybridized carbons (Fsp3) is 0.333. The van der Waals surface area contributed by atoms with Crippen LogP contribution in [0.15, 0.2) is 48.5 Å². The Kier molecular flexibility index (Phi) is 6.59. The van der Waals surface area contributed by atoms with Crippen LogP contribution >= 0.6 is 0 Å². The van der Waals surface area contributed by atoms with E-state index in [1.54, 1.807) is 36.9 Å². The third kappa shape index (κ3) is 4.84. The molecular weight excluding hydrogens is 419 g/mol. The molecule has 0 fully saturated rings. The van der Waals surface area contributed by atoms with E-state index in [0.717, 1.165) is 16.7 Å². The predicted octanol–water partition coefficient (Wildman–Crippen LogP) is 5.47. The normalized spacial score (nSPS) is 13.2. The number of nitrogens with zero attached hydrogens (tertiary/aromatic N) is 3. The van der Waals surface area contributed by atoms with E-state index in [-0.39, 0.29) is 23.6 Å². The van der Waals surface area contributed by atoms with Gasteiger partial charge in [0.25, 0.3) is 0 Å². The number of amides is 1. The van der Waals surface area contributed by atoms with Crippen LogP contribution in [0, 0.1) is 0 Å². The molecule has 0 bridgehead atoms. The average Bonchev–Trinajstić information content (AvgIpc) is 3.11. The van der Waals surface area contributed by atoms with Crippen molar-refractivity contribution in [3.63, 3.8) is 0 Å². The summed E-state index contributed by atoms with van der Waals surface area (Å²) in [5, 5.41) is 2.28. The van der Waals surface area contributed by atoms with Crippen LogP contribution in [0.25, 0.3) is 11.0 Å². The summed E-state index contributed by atoms with van der Waals surface area (Å²) in [5.74, 6) is -0.619. The van der Waals surface area contributed by atoms with Crippen LogP contribution in [-0.2, 0) is 11.0 Å². The van der Waals surface area contributed by atoms with Crippen molar-refractivity contribution in [3.8, 4) is 0 Å². The number of carbonyl (C=O) groups is 1. The summed E-state index contributed by atoms with van der Waals surface area (Å²) in [6.07, 6.45) is -4.62. The van der Waals surface area contributed by atoms with Crippen molar-refractivity contribution in [1.82, 2.24) is 14.5 Å². The maximum absolute atomic E-state index is 13.7. The molecule has 1 unspecified atom stereocenters. The number of imidazole rings is 1. The molecule has 0 aliphatic heterocycles. The zero-order chi connectivity index (χ0) is 22.8. The Morgan fingerprint density at radius 1 is 1.13 bits per heavy atom. The molecule has 10 heteroatoms. The molecule has 0 spiro atoms.